The Hall–Kier alpha value is -1.84. The number of sulfonamides is 1. The summed E-state index contributed by atoms with van der Waals surface area (Å²) in [6, 6.07) is 5.81. The Morgan fingerprint density at radius 1 is 1.38 bits per heavy atom. The lowest BCUT2D eigenvalue weighted by Gasteiger charge is -2.09. The van der Waals surface area contributed by atoms with Crippen LogP contribution >= 0.6 is 11.3 Å². The van der Waals surface area contributed by atoms with E-state index in [9.17, 15) is 12.8 Å². The third-order valence-electron chi connectivity index (χ3n) is 3.45. The van der Waals surface area contributed by atoms with Crippen molar-refractivity contribution in [3.63, 3.8) is 0 Å². The molecule has 0 spiro atoms. The average molecular weight is 368 g/mol. The molecule has 2 heterocycles. The van der Waals surface area contributed by atoms with Crippen LogP contribution in [0.3, 0.4) is 0 Å². The van der Waals surface area contributed by atoms with E-state index in [1.165, 1.54) is 28.0 Å². The predicted octanol–water partition coefficient (Wildman–Crippen LogP) is 2.84. The molecule has 0 radical (unpaired) electrons. The van der Waals surface area contributed by atoms with Crippen molar-refractivity contribution in [1.29, 1.82) is 0 Å². The molecule has 0 fully saturated rings. The summed E-state index contributed by atoms with van der Waals surface area (Å²) in [6.45, 7) is 5.55. The molecule has 1 aromatic carbocycles. The number of halogens is 1. The van der Waals surface area contributed by atoms with Crippen molar-refractivity contribution in [1.82, 2.24) is 19.3 Å². The molecule has 128 valence electrons. The van der Waals surface area contributed by atoms with E-state index in [4.69, 9.17) is 0 Å². The molecule has 2 aromatic heterocycles. The standard InChI is InChI=1S/C15H17FN4O2S2/c1-9(2)13-14(20-15(18-13)23-10(3)19-20)24(21,22)17-8-11-5-4-6-12(16)7-11/h4-7,9,17H,8H2,1-3H3. The Labute approximate surface area is 143 Å². The van der Waals surface area contributed by atoms with Crippen LogP contribution in [-0.2, 0) is 16.6 Å². The maximum absolute atomic E-state index is 13.2. The van der Waals surface area contributed by atoms with E-state index in [0.717, 1.165) is 5.01 Å². The summed E-state index contributed by atoms with van der Waals surface area (Å²) < 4.78 is 42.7. The van der Waals surface area contributed by atoms with E-state index in [-0.39, 0.29) is 17.5 Å². The molecule has 0 bridgehead atoms. The molecule has 1 N–H and O–H groups in total. The predicted molar refractivity (Wildman–Crippen MR) is 90.1 cm³/mol. The van der Waals surface area contributed by atoms with Gasteiger partial charge in [0.1, 0.15) is 10.8 Å². The minimum Gasteiger partial charge on any atom is -0.221 e. The SMILES string of the molecule is Cc1nn2c(S(=O)(=O)NCc3cccc(F)c3)c(C(C)C)nc2s1. The molecular formula is C15H17FN4O2S2. The number of fused-ring (bicyclic) bond motifs is 1. The van der Waals surface area contributed by atoms with Gasteiger partial charge in [-0.2, -0.15) is 9.61 Å². The van der Waals surface area contributed by atoms with Crippen LogP contribution in [0.15, 0.2) is 29.3 Å². The zero-order chi connectivity index (χ0) is 17.5. The van der Waals surface area contributed by atoms with Crippen molar-refractivity contribution >= 4 is 26.3 Å². The first-order chi connectivity index (χ1) is 11.3. The number of hydrogen-bond donors (Lipinski definition) is 1. The molecule has 0 aliphatic rings. The zero-order valence-electron chi connectivity index (χ0n) is 13.4. The van der Waals surface area contributed by atoms with Crippen molar-refractivity contribution in [3.8, 4) is 0 Å². The van der Waals surface area contributed by atoms with E-state index in [0.29, 0.717) is 16.2 Å². The topological polar surface area (TPSA) is 76.4 Å². The Kier molecular flexibility index (Phi) is 4.41. The molecule has 0 amide bonds. The largest absolute Gasteiger partial charge is 0.260 e. The molecule has 0 aliphatic heterocycles. The smallest absolute Gasteiger partial charge is 0.221 e. The monoisotopic (exact) mass is 368 g/mol. The molecule has 0 unspecified atom stereocenters. The summed E-state index contributed by atoms with van der Waals surface area (Å²) in [5, 5.41) is 5.03. The molecule has 9 heteroatoms. The average Bonchev–Trinajstić information content (AvgIpc) is 3.01. The normalized spacial score (nSPS) is 12.4. The minimum atomic E-state index is -3.84. The number of benzene rings is 1. The molecule has 0 saturated heterocycles. The van der Waals surface area contributed by atoms with Crippen LogP contribution in [-0.4, -0.2) is 23.0 Å². The third-order valence-corrected chi connectivity index (χ3v) is 5.68. The molecular weight excluding hydrogens is 351 g/mol. The van der Waals surface area contributed by atoms with E-state index in [1.807, 2.05) is 13.8 Å². The van der Waals surface area contributed by atoms with Crippen LogP contribution in [0.25, 0.3) is 4.96 Å². The first-order valence-electron chi connectivity index (χ1n) is 7.38. The number of imidazole rings is 1. The van der Waals surface area contributed by atoms with Gasteiger partial charge in [-0.1, -0.05) is 37.3 Å². The lowest BCUT2D eigenvalue weighted by atomic mass is 10.2. The van der Waals surface area contributed by atoms with Gasteiger partial charge in [0.15, 0.2) is 5.03 Å². The van der Waals surface area contributed by atoms with Gasteiger partial charge in [0, 0.05) is 6.54 Å². The Morgan fingerprint density at radius 2 is 2.12 bits per heavy atom. The number of aryl methyl sites for hydroxylation is 1. The van der Waals surface area contributed by atoms with Gasteiger partial charge in [-0.25, -0.2) is 22.5 Å². The quantitative estimate of drug-likeness (QED) is 0.751. The Bertz CT molecular complexity index is 992. The van der Waals surface area contributed by atoms with Crippen LogP contribution in [0.2, 0.25) is 0 Å². The fourth-order valence-electron chi connectivity index (χ4n) is 2.36. The van der Waals surface area contributed by atoms with E-state index in [1.54, 1.807) is 19.1 Å². The first kappa shape index (κ1) is 17.0. The molecule has 0 atom stereocenters. The first-order valence-corrected chi connectivity index (χ1v) is 9.68. The van der Waals surface area contributed by atoms with Gasteiger partial charge in [-0.3, -0.25) is 0 Å². The van der Waals surface area contributed by atoms with Crippen LogP contribution in [0.5, 0.6) is 0 Å². The number of nitrogens with one attached hydrogen (secondary N) is 1. The van der Waals surface area contributed by atoms with Crippen molar-refractivity contribution in [2.24, 2.45) is 0 Å². The maximum atomic E-state index is 13.2. The van der Waals surface area contributed by atoms with Gasteiger partial charge in [-0.05, 0) is 30.5 Å². The van der Waals surface area contributed by atoms with Crippen molar-refractivity contribution < 1.29 is 12.8 Å². The highest BCUT2D eigenvalue weighted by Crippen LogP contribution is 2.27. The van der Waals surface area contributed by atoms with Gasteiger partial charge in [-0.15, -0.1) is 0 Å². The highest BCUT2D eigenvalue weighted by atomic mass is 32.2. The second-order valence-electron chi connectivity index (χ2n) is 5.73. The van der Waals surface area contributed by atoms with Gasteiger partial charge in [0.25, 0.3) is 10.0 Å². The number of aromatic nitrogens is 3. The number of rotatable bonds is 5. The molecule has 0 saturated carbocycles. The van der Waals surface area contributed by atoms with Gasteiger partial charge >= 0.3 is 0 Å². The van der Waals surface area contributed by atoms with Crippen LogP contribution in [0.1, 0.15) is 36.0 Å². The van der Waals surface area contributed by atoms with Crippen LogP contribution in [0.4, 0.5) is 4.39 Å². The Balaban J connectivity index is 1.99. The highest BCUT2D eigenvalue weighted by Gasteiger charge is 2.28. The minimum absolute atomic E-state index is 0.00597. The molecule has 3 rings (SSSR count). The molecule has 6 nitrogen and oxygen atoms in total. The summed E-state index contributed by atoms with van der Waals surface area (Å²) in [7, 11) is -3.84. The van der Waals surface area contributed by atoms with Crippen LogP contribution < -0.4 is 4.72 Å². The van der Waals surface area contributed by atoms with Crippen molar-refractivity contribution in [2.45, 2.75) is 38.3 Å². The van der Waals surface area contributed by atoms with E-state index >= 15 is 0 Å². The second kappa shape index (κ2) is 6.23. The van der Waals surface area contributed by atoms with Crippen molar-refractivity contribution in [3.05, 3.63) is 46.3 Å². The summed E-state index contributed by atoms with van der Waals surface area (Å²) >= 11 is 1.34. The molecule has 0 aliphatic carbocycles. The maximum Gasteiger partial charge on any atom is 0.260 e. The third kappa shape index (κ3) is 3.19. The molecule has 3 aromatic rings. The fraction of sp³-hybridized carbons (Fsp3) is 0.333. The van der Waals surface area contributed by atoms with Gasteiger partial charge in [0.2, 0.25) is 4.96 Å². The van der Waals surface area contributed by atoms with Crippen LogP contribution in [0, 0.1) is 12.7 Å². The van der Waals surface area contributed by atoms with Crippen molar-refractivity contribution in [2.75, 3.05) is 0 Å². The summed E-state index contributed by atoms with van der Waals surface area (Å²) in [4.78, 5) is 4.95. The Morgan fingerprint density at radius 3 is 2.79 bits per heavy atom. The summed E-state index contributed by atoms with van der Waals surface area (Å²) in [6.07, 6.45) is 0. The van der Waals surface area contributed by atoms with Gasteiger partial charge in [0.05, 0.1) is 5.69 Å². The summed E-state index contributed by atoms with van der Waals surface area (Å²) in [5.74, 6) is -0.476. The second-order valence-corrected chi connectivity index (χ2v) is 8.57. The fourth-order valence-corrected chi connectivity index (χ4v) is 4.57. The van der Waals surface area contributed by atoms with E-state index in [2.05, 4.69) is 14.8 Å². The van der Waals surface area contributed by atoms with Gasteiger partial charge < -0.3 is 0 Å². The highest BCUT2D eigenvalue weighted by molar-refractivity contribution is 7.89. The lowest BCUT2D eigenvalue weighted by molar-refractivity contribution is 0.568. The molecule has 24 heavy (non-hydrogen) atoms. The number of nitrogens with zero attached hydrogens (tertiary/aromatic N) is 3. The lowest BCUT2D eigenvalue weighted by Crippen LogP contribution is -2.26. The summed E-state index contributed by atoms with van der Waals surface area (Å²) in [5.41, 5.74) is 1.01. The van der Waals surface area contributed by atoms with E-state index < -0.39 is 15.8 Å². The number of hydrogen-bond acceptors (Lipinski definition) is 5. The zero-order valence-corrected chi connectivity index (χ0v) is 15.1.